The summed E-state index contributed by atoms with van der Waals surface area (Å²) in [4.78, 5) is 11.4. The van der Waals surface area contributed by atoms with Crippen LogP contribution in [0.2, 0.25) is 5.02 Å². The number of anilines is 3. The summed E-state index contributed by atoms with van der Waals surface area (Å²) in [7, 11) is 0. The van der Waals surface area contributed by atoms with Gasteiger partial charge < -0.3 is 15.4 Å². The number of ether oxygens (including phenoxy) is 1. The molecule has 3 rings (SSSR count). The number of hydrogen-bond acceptors (Lipinski definition) is 6. The van der Waals surface area contributed by atoms with E-state index in [1.165, 1.54) is 0 Å². The molecule has 7 heteroatoms. The van der Waals surface area contributed by atoms with Gasteiger partial charge in [0.2, 0.25) is 5.95 Å². The van der Waals surface area contributed by atoms with Gasteiger partial charge in [0.1, 0.15) is 5.82 Å². The third-order valence-electron chi connectivity index (χ3n) is 4.11. The monoisotopic (exact) mass is 361 g/mol. The molecule has 25 heavy (non-hydrogen) atoms. The number of halogens is 1. The normalized spacial score (nSPS) is 15.2. The molecule has 134 valence electrons. The van der Waals surface area contributed by atoms with Gasteiger partial charge in [-0.2, -0.15) is 4.98 Å². The first kappa shape index (κ1) is 17.9. The molecule has 0 bridgehead atoms. The molecule has 1 saturated heterocycles. The van der Waals surface area contributed by atoms with Crippen LogP contribution in [0, 0.1) is 13.8 Å². The van der Waals surface area contributed by atoms with Gasteiger partial charge in [0, 0.05) is 48.6 Å². The van der Waals surface area contributed by atoms with Crippen molar-refractivity contribution in [2.75, 3.05) is 50.0 Å². The van der Waals surface area contributed by atoms with E-state index in [4.69, 9.17) is 16.3 Å². The van der Waals surface area contributed by atoms with Crippen molar-refractivity contribution in [1.29, 1.82) is 0 Å². The first-order valence-corrected chi connectivity index (χ1v) is 8.91. The molecule has 0 radical (unpaired) electrons. The summed E-state index contributed by atoms with van der Waals surface area (Å²) in [5.74, 6) is 1.38. The van der Waals surface area contributed by atoms with Crippen LogP contribution >= 0.6 is 11.6 Å². The topological polar surface area (TPSA) is 62.3 Å². The van der Waals surface area contributed by atoms with Crippen molar-refractivity contribution in [3.05, 3.63) is 40.5 Å². The summed E-state index contributed by atoms with van der Waals surface area (Å²) < 4.78 is 5.36. The molecule has 0 amide bonds. The molecule has 1 aromatic carbocycles. The summed E-state index contributed by atoms with van der Waals surface area (Å²) in [6.07, 6.45) is 0. The molecule has 0 spiro atoms. The van der Waals surface area contributed by atoms with Gasteiger partial charge in [0.15, 0.2) is 0 Å². The largest absolute Gasteiger partial charge is 0.379 e. The maximum Gasteiger partial charge on any atom is 0.224 e. The van der Waals surface area contributed by atoms with Crippen LogP contribution in [0.3, 0.4) is 0 Å². The Balaban J connectivity index is 1.60. The molecule has 0 aliphatic carbocycles. The zero-order valence-corrected chi connectivity index (χ0v) is 15.4. The zero-order chi connectivity index (χ0) is 17.6. The van der Waals surface area contributed by atoms with Gasteiger partial charge >= 0.3 is 0 Å². The lowest BCUT2D eigenvalue weighted by Crippen LogP contribution is -2.39. The standard InChI is InChI=1S/C18H24ClN5O/c1-13-3-4-15(12-16(13)19)22-17-11-14(2)21-18(23-17)20-5-6-24-7-9-25-10-8-24/h3-4,11-12H,5-10H2,1-2H3,(H2,20,21,22,23). The Bertz CT molecular complexity index is 719. The number of nitrogens with one attached hydrogen (secondary N) is 2. The summed E-state index contributed by atoms with van der Waals surface area (Å²) >= 11 is 6.19. The molecular formula is C18H24ClN5O. The molecule has 0 unspecified atom stereocenters. The second-order valence-electron chi connectivity index (χ2n) is 6.19. The minimum absolute atomic E-state index is 0.633. The van der Waals surface area contributed by atoms with E-state index in [0.717, 1.165) is 67.2 Å². The van der Waals surface area contributed by atoms with Crippen molar-refractivity contribution in [3.63, 3.8) is 0 Å². The van der Waals surface area contributed by atoms with Gasteiger partial charge in [0.25, 0.3) is 0 Å². The number of nitrogens with zero attached hydrogens (tertiary/aromatic N) is 3. The zero-order valence-electron chi connectivity index (χ0n) is 14.7. The quantitative estimate of drug-likeness (QED) is 0.823. The number of benzene rings is 1. The second-order valence-corrected chi connectivity index (χ2v) is 6.60. The van der Waals surface area contributed by atoms with E-state index < -0.39 is 0 Å². The fourth-order valence-electron chi connectivity index (χ4n) is 2.68. The molecule has 2 heterocycles. The van der Waals surface area contributed by atoms with Crippen LogP contribution in [0.15, 0.2) is 24.3 Å². The van der Waals surface area contributed by atoms with Crippen molar-refractivity contribution in [2.24, 2.45) is 0 Å². The molecule has 2 aromatic rings. The second kappa shape index (κ2) is 8.47. The summed E-state index contributed by atoms with van der Waals surface area (Å²) in [6.45, 7) is 9.30. The highest BCUT2D eigenvalue weighted by Gasteiger charge is 2.10. The first-order chi connectivity index (χ1) is 12.1. The maximum atomic E-state index is 6.19. The molecule has 1 aliphatic heterocycles. The van der Waals surface area contributed by atoms with Gasteiger partial charge in [-0.25, -0.2) is 4.98 Å². The van der Waals surface area contributed by atoms with Crippen LogP contribution < -0.4 is 10.6 Å². The third-order valence-corrected chi connectivity index (χ3v) is 4.52. The number of hydrogen-bond donors (Lipinski definition) is 2. The highest BCUT2D eigenvalue weighted by Crippen LogP contribution is 2.23. The van der Waals surface area contributed by atoms with Crippen LogP contribution in [-0.2, 0) is 4.74 Å². The van der Waals surface area contributed by atoms with E-state index in [9.17, 15) is 0 Å². The molecule has 0 atom stereocenters. The van der Waals surface area contributed by atoms with Gasteiger partial charge in [-0.3, -0.25) is 4.90 Å². The SMILES string of the molecule is Cc1cc(Nc2ccc(C)c(Cl)c2)nc(NCCN2CCOCC2)n1. The smallest absolute Gasteiger partial charge is 0.224 e. The number of aromatic nitrogens is 2. The Morgan fingerprint density at radius 3 is 2.72 bits per heavy atom. The highest BCUT2D eigenvalue weighted by atomic mass is 35.5. The van der Waals surface area contributed by atoms with Crippen LogP contribution in [0.4, 0.5) is 17.5 Å². The summed E-state index contributed by atoms with van der Waals surface area (Å²) in [6, 6.07) is 7.80. The predicted octanol–water partition coefficient (Wildman–Crippen LogP) is 3.23. The molecule has 6 nitrogen and oxygen atoms in total. The molecule has 2 N–H and O–H groups in total. The highest BCUT2D eigenvalue weighted by molar-refractivity contribution is 6.31. The van der Waals surface area contributed by atoms with Gasteiger partial charge in [-0.15, -0.1) is 0 Å². The third kappa shape index (κ3) is 5.29. The molecule has 1 fully saturated rings. The average molecular weight is 362 g/mol. The minimum Gasteiger partial charge on any atom is -0.379 e. The lowest BCUT2D eigenvalue weighted by Gasteiger charge is -2.26. The Kier molecular flexibility index (Phi) is 6.07. The predicted molar refractivity (Wildman–Crippen MR) is 102 cm³/mol. The maximum absolute atomic E-state index is 6.19. The van der Waals surface area contributed by atoms with Crippen LogP contribution in [0.25, 0.3) is 0 Å². The van der Waals surface area contributed by atoms with E-state index in [-0.39, 0.29) is 0 Å². The van der Waals surface area contributed by atoms with Gasteiger partial charge in [-0.1, -0.05) is 17.7 Å². The Labute approximate surface area is 153 Å². The Morgan fingerprint density at radius 2 is 1.96 bits per heavy atom. The number of rotatable bonds is 6. The Morgan fingerprint density at radius 1 is 1.16 bits per heavy atom. The molecule has 0 saturated carbocycles. The van der Waals surface area contributed by atoms with E-state index >= 15 is 0 Å². The fourth-order valence-corrected chi connectivity index (χ4v) is 2.86. The fraction of sp³-hybridized carbons (Fsp3) is 0.444. The lowest BCUT2D eigenvalue weighted by molar-refractivity contribution is 0.0398. The number of morpholine rings is 1. The Hall–Kier alpha value is -1.89. The summed E-state index contributed by atoms with van der Waals surface area (Å²) in [5.41, 5.74) is 2.87. The van der Waals surface area contributed by atoms with Gasteiger partial charge in [0.05, 0.1) is 13.2 Å². The van der Waals surface area contributed by atoms with Crippen LogP contribution in [-0.4, -0.2) is 54.3 Å². The van der Waals surface area contributed by atoms with Crippen molar-refractivity contribution in [1.82, 2.24) is 14.9 Å². The van der Waals surface area contributed by atoms with Crippen molar-refractivity contribution < 1.29 is 4.74 Å². The van der Waals surface area contributed by atoms with Crippen LogP contribution in [0.1, 0.15) is 11.3 Å². The average Bonchev–Trinajstić information content (AvgIpc) is 2.59. The van der Waals surface area contributed by atoms with Crippen molar-refractivity contribution in [3.8, 4) is 0 Å². The number of aryl methyl sites for hydroxylation is 2. The molecular weight excluding hydrogens is 338 g/mol. The molecule has 1 aliphatic rings. The van der Waals surface area contributed by atoms with Gasteiger partial charge in [-0.05, 0) is 31.5 Å². The van der Waals surface area contributed by atoms with E-state index in [0.29, 0.717) is 5.95 Å². The first-order valence-electron chi connectivity index (χ1n) is 8.53. The summed E-state index contributed by atoms with van der Waals surface area (Å²) in [5, 5.41) is 7.33. The van der Waals surface area contributed by atoms with Crippen molar-refractivity contribution in [2.45, 2.75) is 13.8 Å². The minimum atomic E-state index is 0.633. The van der Waals surface area contributed by atoms with E-state index in [1.54, 1.807) is 0 Å². The van der Waals surface area contributed by atoms with E-state index in [1.807, 2.05) is 38.1 Å². The van der Waals surface area contributed by atoms with Crippen LogP contribution in [0.5, 0.6) is 0 Å². The molecule has 1 aromatic heterocycles. The van der Waals surface area contributed by atoms with E-state index in [2.05, 4.69) is 25.5 Å². The van der Waals surface area contributed by atoms with Crippen molar-refractivity contribution >= 4 is 29.1 Å². The lowest BCUT2D eigenvalue weighted by atomic mass is 10.2.